The van der Waals surface area contributed by atoms with E-state index in [1.165, 1.54) is 0 Å². The number of nitrogens with one attached hydrogen (secondary N) is 2. The van der Waals surface area contributed by atoms with Gasteiger partial charge >= 0.3 is 0 Å². The molecule has 6 nitrogen and oxygen atoms in total. The van der Waals surface area contributed by atoms with Crippen LogP contribution in [0, 0.1) is 11.1 Å². The van der Waals surface area contributed by atoms with Crippen LogP contribution in [-0.2, 0) is 0 Å². The zero-order valence-corrected chi connectivity index (χ0v) is 10.5. The fourth-order valence-corrected chi connectivity index (χ4v) is 4.16. The summed E-state index contributed by atoms with van der Waals surface area (Å²) in [6.45, 7) is 0. The Balaban J connectivity index is 0. The van der Waals surface area contributed by atoms with Gasteiger partial charge in [0.25, 0.3) is 9.28 Å². The molecule has 0 saturated heterocycles. The zero-order chi connectivity index (χ0) is 11.0. The minimum absolute atomic E-state index is 0.954. The Bertz CT molecular complexity index is 132. The van der Waals surface area contributed by atoms with Gasteiger partial charge in [-0.05, 0) is 42.3 Å². The highest BCUT2D eigenvalue weighted by Gasteiger charge is 2.18. The molecular formula is C6H21N6Si+. The van der Waals surface area contributed by atoms with Crippen molar-refractivity contribution in [3.05, 3.63) is 0 Å². The average molecular weight is 205 g/mol. The van der Waals surface area contributed by atoms with Crippen LogP contribution in [0.5, 0.6) is 0 Å². The van der Waals surface area contributed by atoms with Crippen molar-refractivity contribution in [2.24, 2.45) is 0 Å². The van der Waals surface area contributed by atoms with Gasteiger partial charge in [0, 0.05) is 0 Å². The molecule has 0 aromatic heterocycles. The molecule has 0 aromatic rings. The standard InChI is InChI=1S/C6H19N3Si.H2N3/c1-7(2)10(8(3)4)9(5)6;1-3-2/h10H,1-6H3;1-2H/q;+1. The molecule has 0 rings (SSSR count). The van der Waals surface area contributed by atoms with Crippen LogP contribution in [0.15, 0.2) is 0 Å². The first-order valence-electron chi connectivity index (χ1n) is 3.91. The summed E-state index contributed by atoms with van der Waals surface area (Å²) in [4.78, 5) is 2.00. The first-order chi connectivity index (χ1) is 5.88. The van der Waals surface area contributed by atoms with Crippen LogP contribution < -0.4 is 4.91 Å². The van der Waals surface area contributed by atoms with E-state index in [0.29, 0.717) is 0 Å². The minimum atomic E-state index is -0.954. The molecule has 0 aromatic carbocycles. The number of nitrogens with zero attached hydrogens (tertiary/aromatic N) is 4. The third-order valence-electron chi connectivity index (χ3n) is 1.39. The van der Waals surface area contributed by atoms with Crippen LogP contribution in [0.3, 0.4) is 0 Å². The number of hydrogen-bond donors (Lipinski definition) is 2. The molecule has 0 atom stereocenters. The van der Waals surface area contributed by atoms with E-state index in [2.05, 4.69) is 56.0 Å². The second-order valence-corrected chi connectivity index (χ2v) is 7.14. The summed E-state index contributed by atoms with van der Waals surface area (Å²) in [5.74, 6) is 0. The Labute approximate surface area is 82.0 Å². The molecule has 2 N–H and O–H groups in total. The summed E-state index contributed by atoms with van der Waals surface area (Å²) < 4.78 is 6.92. The van der Waals surface area contributed by atoms with Crippen molar-refractivity contribution < 1.29 is 0 Å². The Kier molecular flexibility index (Phi) is 9.20. The minimum Gasteiger partial charge on any atom is -0.308 e. The fraction of sp³-hybridized carbons (Fsp3) is 1.00. The fourth-order valence-electron chi connectivity index (χ4n) is 1.39. The van der Waals surface area contributed by atoms with Crippen LogP contribution in [0.2, 0.25) is 0 Å². The predicted octanol–water partition coefficient (Wildman–Crippen LogP) is -0.496. The van der Waals surface area contributed by atoms with Crippen LogP contribution in [0.25, 0.3) is 0 Å². The molecule has 0 radical (unpaired) electrons. The maximum absolute atomic E-state index is 5.50. The smallest absolute Gasteiger partial charge is 0.271 e. The largest absolute Gasteiger partial charge is 0.308 e. The number of rotatable bonds is 3. The molecule has 0 aliphatic rings. The average Bonchev–Trinajstić information content (AvgIpc) is 1.84. The lowest BCUT2D eigenvalue weighted by molar-refractivity contribution is 0.420. The van der Waals surface area contributed by atoms with E-state index >= 15 is 0 Å². The zero-order valence-electron chi connectivity index (χ0n) is 9.37. The Hall–Kier alpha value is -0.593. The van der Waals surface area contributed by atoms with Gasteiger partial charge in [-0.3, -0.25) is 0 Å². The van der Waals surface area contributed by atoms with Gasteiger partial charge in [0.2, 0.25) is 4.91 Å². The molecular weight excluding hydrogens is 184 g/mol. The quantitative estimate of drug-likeness (QED) is 0.371. The molecule has 0 aliphatic carbocycles. The van der Waals surface area contributed by atoms with Gasteiger partial charge in [0.1, 0.15) is 11.1 Å². The van der Waals surface area contributed by atoms with Gasteiger partial charge in [0.05, 0.1) is 0 Å². The topological polar surface area (TPSA) is 71.5 Å². The molecule has 0 amide bonds. The van der Waals surface area contributed by atoms with Gasteiger partial charge < -0.3 is 13.7 Å². The Morgan fingerprint density at radius 3 is 0.923 bits per heavy atom. The van der Waals surface area contributed by atoms with Crippen LogP contribution in [0.4, 0.5) is 0 Å². The van der Waals surface area contributed by atoms with Crippen LogP contribution >= 0.6 is 0 Å². The predicted molar refractivity (Wildman–Crippen MR) is 55.8 cm³/mol. The first kappa shape index (κ1) is 14.9. The normalized spacial score (nSPS) is 10.3. The molecule has 0 heterocycles. The monoisotopic (exact) mass is 205 g/mol. The van der Waals surface area contributed by atoms with E-state index in [-0.39, 0.29) is 0 Å². The van der Waals surface area contributed by atoms with Crippen molar-refractivity contribution in [3.8, 4) is 0 Å². The van der Waals surface area contributed by atoms with Crippen LogP contribution in [0.1, 0.15) is 0 Å². The van der Waals surface area contributed by atoms with Gasteiger partial charge in [-0.2, -0.15) is 0 Å². The number of hydrogen-bond acceptors (Lipinski definition) is 5. The lowest BCUT2D eigenvalue weighted by atomic mass is 11.2. The summed E-state index contributed by atoms with van der Waals surface area (Å²) in [6, 6.07) is 0. The van der Waals surface area contributed by atoms with Crippen molar-refractivity contribution in [1.29, 1.82) is 11.1 Å². The van der Waals surface area contributed by atoms with Gasteiger partial charge in [0.15, 0.2) is 0 Å². The molecule has 0 fully saturated rings. The molecule has 0 bridgehead atoms. The highest BCUT2D eigenvalue weighted by atomic mass is 28.3. The summed E-state index contributed by atoms with van der Waals surface area (Å²) in [5, 5.41) is 0. The van der Waals surface area contributed by atoms with Gasteiger partial charge in [-0.15, -0.1) is 0 Å². The molecule has 13 heavy (non-hydrogen) atoms. The van der Waals surface area contributed by atoms with E-state index in [0.717, 1.165) is 0 Å². The van der Waals surface area contributed by atoms with Crippen molar-refractivity contribution in [2.45, 2.75) is 0 Å². The van der Waals surface area contributed by atoms with E-state index in [4.69, 9.17) is 11.1 Å². The second-order valence-electron chi connectivity index (χ2n) is 3.35. The summed E-state index contributed by atoms with van der Waals surface area (Å²) in [7, 11) is 11.9. The molecule has 7 heteroatoms. The van der Waals surface area contributed by atoms with E-state index in [9.17, 15) is 0 Å². The van der Waals surface area contributed by atoms with E-state index < -0.39 is 9.28 Å². The highest BCUT2D eigenvalue weighted by Crippen LogP contribution is 1.93. The van der Waals surface area contributed by atoms with Crippen LogP contribution in [-0.4, -0.2) is 65.3 Å². The lowest BCUT2D eigenvalue weighted by Gasteiger charge is -2.33. The Morgan fingerprint density at radius 1 is 0.769 bits per heavy atom. The molecule has 0 aliphatic heterocycles. The van der Waals surface area contributed by atoms with Crippen molar-refractivity contribution in [1.82, 2.24) is 18.6 Å². The van der Waals surface area contributed by atoms with E-state index in [1.54, 1.807) is 0 Å². The molecule has 0 unspecified atom stereocenters. The third-order valence-corrected chi connectivity index (χ3v) is 4.16. The second kappa shape index (κ2) is 8.03. The maximum Gasteiger partial charge on any atom is 0.271 e. The Morgan fingerprint density at radius 2 is 0.923 bits per heavy atom. The molecule has 0 saturated carbocycles. The van der Waals surface area contributed by atoms with E-state index in [1.807, 2.05) is 4.91 Å². The maximum atomic E-state index is 5.50. The molecule has 78 valence electrons. The van der Waals surface area contributed by atoms with Crippen molar-refractivity contribution in [3.63, 3.8) is 0 Å². The van der Waals surface area contributed by atoms with Crippen molar-refractivity contribution in [2.75, 3.05) is 42.3 Å². The third kappa shape index (κ3) is 7.76. The summed E-state index contributed by atoms with van der Waals surface area (Å²) in [6.07, 6.45) is 0. The summed E-state index contributed by atoms with van der Waals surface area (Å²) in [5.41, 5.74) is 11.0. The lowest BCUT2D eigenvalue weighted by Crippen LogP contribution is -2.55. The summed E-state index contributed by atoms with van der Waals surface area (Å²) >= 11 is 0. The van der Waals surface area contributed by atoms with Gasteiger partial charge in [-0.25, -0.2) is 0 Å². The van der Waals surface area contributed by atoms with Gasteiger partial charge in [-0.1, -0.05) is 0 Å². The SMILES string of the molecule is CN(C)[SiH](N(C)C)N(C)C.N=[N+]=N. The van der Waals surface area contributed by atoms with Crippen molar-refractivity contribution >= 4 is 9.28 Å². The highest BCUT2D eigenvalue weighted by molar-refractivity contribution is 6.49. The first-order valence-corrected chi connectivity index (χ1v) is 5.45. The molecule has 0 spiro atoms.